The second kappa shape index (κ2) is 11.2. The second-order valence-electron chi connectivity index (χ2n) is 9.28. The van der Waals surface area contributed by atoms with Gasteiger partial charge < -0.3 is 20.3 Å². The number of nitrogens with zero attached hydrogens (tertiary/aromatic N) is 3. The zero-order valence-corrected chi connectivity index (χ0v) is 20.9. The number of piperazine rings is 1. The van der Waals surface area contributed by atoms with E-state index in [0.717, 1.165) is 10.00 Å². The van der Waals surface area contributed by atoms with Crippen molar-refractivity contribution in [2.24, 2.45) is 0 Å². The number of H-pyrrole nitrogens is 1. The predicted octanol–water partition coefficient (Wildman–Crippen LogP) is 0.0761. The summed E-state index contributed by atoms with van der Waals surface area (Å²) >= 11 is 0. The highest BCUT2D eigenvalue weighted by molar-refractivity contribution is 7.88. The Balaban J connectivity index is 1.39. The number of sulfonamides is 1. The Morgan fingerprint density at radius 3 is 2.62 bits per heavy atom. The standard InChI is InChI=1S/C24H29N5O7S/c30-21-13-28(37(35,36)14-16-5-2-1-3-6-16)12-18-9-10-20(29(18)21)23(32)27-19(22(31)24(33)34)8-4-7-17-11-25-15-26-17/h1-3,5-6,11,15,18-20H,4,7-10,12-14H2,(H,25,26)(H,27,32)(H,33,34)/t18-,19?,20-/m0/s1. The number of nitrogens with one attached hydrogen (secondary N) is 2. The van der Waals surface area contributed by atoms with E-state index in [1.165, 1.54) is 11.2 Å². The summed E-state index contributed by atoms with van der Waals surface area (Å²) in [4.78, 5) is 57.9. The number of carboxylic acids is 1. The number of amides is 2. The molecule has 3 heterocycles. The Hall–Kier alpha value is -3.58. The van der Waals surface area contributed by atoms with Crippen molar-refractivity contribution in [3.05, 3.63) is 54.1 Å². The quantitative estimate of drug-likeness (QED) is 0.342. The van der Waals surface area contributed by atoms with Crippen LogP contribution in [-0.4, -0.2) is 87.5 Å². The molecule has 2 amide bonds. The van der Waals surface area contributed by atoms with Crippen molar-refractivity contribution >= 4 is 33.6 Å². The van der Waals surface area contributed by atoms with Gasteiger partial charge in [-0.1, -0.05) is 30.3 Å². The summed E-state index contributed by atoms with van der Waals surface area (Å²) < 4.78 is 27.1. The molecule has 2 saturated heterocycles. The van der Waals surface area contributed by atoms with Crippen LogP contribution in [0.4, 0.5) is 0 Å². The van der Waals surface area contributed by atoms with E-state index >= 15 is 0 Å². The SMILES string of the molecule is O=C(O)C(=O)C(CCCc1cnc[nH]1)NC(=O)[C@@H]1CC[C@H]2CN(S(=O)(=O)Cc3ccccc3)CC(=O)N21. The van der Waals surface area contributed by atoms with E-state index in [-0.39, 0.29) is 31.7 Å². The molecule has 0 spiro atoms. The van der Waals surface area contributed by atoms with Gasteiger partial charge in [-0.2, -0.15) is 4.31 Å². The van der Waals surface area contributed by atoms with Gasteiger partial charge in [0, 0.05) is 24.5 Å². The lowest BCUT2D eigenvalue weighted by Crippen LogP contribution is -2.60. The van der Waals surface area contributed by atoms with Crippen molar-refractivity contribution in [3.63, 3.8) is 0 Å². The van der Waals surface area contributed by atoms with Crippen molar-refractivity contribution in [2.45, 2.75) is 56.0 Å². The molecule has 198 valence electrons. The number of aliphatic carboxylic acids is 1. The van der Waals surface area contributed by atoms with E-state index in [2.05, 4.69) is 15.3 Å². The lowest BCUT2D eigenvalue weighted by atomic mass is 10.0. The monoisotopic (exact) mass is 531 g/mol. The minimum atomic E-state index is -3.75. The van der Waals surface area contributed by atoms with E-state index in [0.29, 0.717) is 24.8 Å². The minimum absolute atomic E-state index is 0.0757. The number of hydrogen-bond donors (Lipinski definition) is 3. The van der Waals surface area contributed by atoms with Gasteiger partial charge in [0.2, 0.25) is 21.8 Å². The molecule has 0 radical (unpaired) electrons. The Bertz CT molecular complexity index is 1250. The number of benzene rings is 1. The number of imidazole rings is 1. The van der Waals surface area contributed by atoms with Crippen LogP contribution < -0.4 is 5.32 Å². The molecule has 3 atom stereocenters. The molecule has 2 aliphatic heterocycles. The number of carbonyl (C=O) groups is 4. The van der Waals surface area contributed by atoms with Crippen LogP contribution in [0.5, 0.6) is 0 Å². The lowest BCUT2D eigenvalue weighted by molar-refractivity contribution is -0.151. The zero-order chi connectivity index (χ0) is 26.6. The number of Topliss-reactive ketones (excluding diaryl/α,β-unsaturated/α-hetero) is 1. The third kappa shape index (κ3) is 6.23. The van der Waals surface area contributed by atoms with Crippen LogP contribution in [-0.2, 0) is 41.4 Å². The summed E-state index contributed by atoms with van der Waals surface area (Å²) in [6.07, 6.45) is 4.88. The molecule has 4 rings (SSSR count). The third-order valence-corrected chi connectivity index (χ3v) is 8.51. The van der Waals surface area contributed by atoms with Gasteiger partial charge in [-0.3, -0.25) is 14.4 Å². The van der Waals surface area contributed by atoms with Crippen molar-refractivity contribution in [1.82, 2.24) is 24.5 Å². The number of aryl methyl sites for hydroxylation is 1. The number of carboxylic acid groups (broad SMARTS) is 1. The van der Waals surface area contributed by atoms with Crippen molar-refractivity contribution in [2.75, 3.05) is 13.1 Å². The summed E-state index contributed by atoms with van der Waals surface area (Å²) in [6.45, 7) is -0.302. The summed E-state index contributed by atoms with van der Waals surface area (Å²) in [5.41, 5.74) is 1.43. The summed E-state index contributed by atoms with van der Waals surface area (Å²) in [7, 11) is -3.75. The summed E-state index contributed by atoms with van der Waals surface area (Å²) in [5.74, 6) is -4.11. The molecule has 1 aromatic carbocycles. The highest BCUT2D eigenvalue weighted by atomic mass is 32.2. The zero-order valence-electron chi connectivity index (χ0n) is 20.1. The predicted molar refractivity (Wildman–Crippen MR) is 130 cm³/mol. The maximum Gasteiger partial charge on any atom is 0.374 e. The van der Waals surface area contributed by atoms with Crippen LogP contribution >= 0.6 is 0 Å². The molecule has 0 bridgehead atoms. The maximum atomic E-state index is 13.1. The molecule has 12 nitrogen and oxygen atoms in total. The number of rotatable bonds is 11. The Morgan fingerprint density at radius 2 is 1.95 bits per heavy atom. The summed E-state index contributed by atoms with van der Waals surface area (Å²) in [5, 5.41) is 11.7. The van der Waals surface area contributed by atoms with Crippen LogP contribution in [0, 0.1) is 0 Å². The van der Waals surface area contributed by atoms with E-state index in [1.807, 2.05) is 0 Å². The third-order valence-electron chi connectivity index (χ3n) is 6.74. The molecule has 0 saturated carbocycles. The average Bonchev–Trinajstić information content (AvgIpc) is 3.53. The number of aromatic amines is 1. The Morgan fingerprint density at radius 1 is 1.19 bits per heavy atom. The molecule has 1 unspecified atom stereocenters. The van der Waals surface area contributed by atoms with E-state index in [9.17, 15) is 32.7 Å². The molecule has 2 aliphatic rings. The first kappa shape index (κ1) is 26.5. The fraction of sp³-hybridized carbons (Fsp3) is 0.458. The number of ketones is 1. The van der Waals surface area contributed by atoms with Crippen LogP contribution in [0.25, 0.3) is 0 Å². The fourth-order valence-electron chi connectivity index (χ4n) is 4.92. The van der Waals surface area contributed by atoms with Crippen molar-refractivity contribution < 1.29 is 32.7 Å². The first-order chi connectivity index (χ1) is 17.7. The van der Waals surface area contributed by atoms with Crippen LogP contribution in [0.1, 0.15) is 36.9 Å². The molecule has 1 aromatic heterocycles. The molecule has 37 heavy (non-hydrogen) atoms. The Kier molecular flexibility index (Phi) is 8.03. The lowest BCUT2D eigenvalue weighted by Gasteiger charge is -2.38. The van der Waals surface area contributed by atoms with Crippen molar-refractivity contribution in [1.29, 1.82) is 0 Å². The topological polar surface area (TPSA) is 170 Å². The van der Waals surface area contributed by atoms with Crippen LogP contribution in [0.3, 0.4) is 0 Å². The van der Waals surface area contributed by atoms with Gasteiger partial charge in [-0.25, -0.2) is 18.2 Å². The highest BCUT2D eigenvalue weighted by Gasteiger charge is 2.47. The number of hydrogen-bond acceptors (Lipinski definition) is 7. The first-order valence-corrected chi connectivity index (χ1v) is 13.6. The molecule has 13 heteroatoms. The van der Waals surface area contributed by atoms with Gasteiger partial charge in [0.15, 0.2) is 0 Å². The minimum Gasteiger partial charge on any atom is -0.475 e. The van der Waals surface area contributed by atoms with Gasteiger partial charge in [0.25, 0.3) is 5.78 Å². The van der Waals surface area contributed by atoms with Gasteiger partial charge in [0.05, 0.1) is 24.7 Å². The molecular formula is C24H29N5O7S. The molecular weight excluding hydrogens is 502 g/mol. The Labute approximate surface area is 214 Å². The van der Waals surface area contributed by atoms with E-state index < -0.39 is 51.7 Å². The van der Waals surface area contributed by atoms with Gasteiger partial charge >= 0.3 is 5.97 Å². The maximum absolute atomic E-state index is 13.1. The van der Waals surface area contributed by atoms with Gasteiger partial charge in [-0.15, -0.1) is 0 Å². The number of fused-ring (bicyclic) bond motifs is 1. The van der Waals surface area contributed by atoms with Crippen LogP contribution in [0.2, 0.25) is 0 Å². The van der Waals surface area contributed by atoms with E-state index in [1.54, 1.807) is 36.5 Å². The smallest absolute Gasteiger partial charge is 0.374 e. The average molecular weight is 532 g/mol. The van der Waals surface area contributed by atoms with Gasteiger partial charge in [-0.05, 0) is 37.7 Å². The second-order valence-corrected chi connectivity index (χ2v) is 11.3. The highest BCUT2D eigenvalue weighted by Crippen LogP contribution is 2.30. The molecule has 0 aliphatic carbocycles. The number of aromatic nitrogens is 2. The number of carbonyl (C=O) groups excluding carboxylic acids is 3. The fourth-order valence-corrected chi connectivity index (χ4v) is 6.42. The molecule has 2 fully saturated rings. The largest absolute Gasteiger partial charge is 0.475 e. The molecule has 3 N–H and O–H groups in total. The molecule has 2 aromatic rings. The van der Waals surface area contributed by atoms with Crippen LogP contribution in [0.15, 0.2) is 42.9 Å². The summed E-state index contributed by atoms with van der Waals surface area (Å²) in [6, 6.07) is 6.07. The normalized spacial score (nSPS) is 20.9. The van der Waals surface area contributed by atoms with Gasteiger partial charge in [0.1, 0.15) is 6.04 Å². The van der Waals surface area contributed by atoms with E-state index in [4.69, 9.17) is 0 Å². The van der Waals surface area contributed by atoms with Crippen molar-refractivity contribution in [3.8, 4) is 0 Å². The first-order valence-electron chi connectivity index (χ1n) is 12.0.